The quantitative estimate of drug-likeness (QED) is 0.532. The van der Waals surface area contributed by atoms with Crippen molar-refractivity contribution >= 4 is 17.4 Å². The van der Waals surface area contributed by atoms with Gasteiger partial charge in [-0.05, 0) is 72.4 Å². The van der Waals surface area contributed by atoms with Crippen LogP contribution in [0, 0.1) is 5.82 Å². The van der Waals surface area contributed by atoms with Gasteiger partial charge in [0.25, 0.3) is 0 Å². The molecule has 0 heterocycles. The largest absolute Gasteiger partial charge is 0.486 e. The topological polar surface area (TPSA) is 46.6 Å². The summed E-state index contributed by atoms with van der Waals surface area (Å²) in [7, 11) is 0. The normalized spacial score (nSPS) is 14.7. The van der Waals surface area contributed by atoms with Crippen LogP contribution in [-0.4, -0.2) is 18.3 Å². The first-order valence-electron chi connectivity index (χ1n) is 10.3. The molecule has 0 fully saturated rings. The average Bonchev–Trinajstić information content (AvgIpc) is 3.15. The summed E-state index contributed by atoms with van der Waals surface area (Å²) < 4.78 is 19.3. The summed E-state index contributed by atoms with van der Waals surface area (Å²) in [5.41, 5.74) is 4.73. The van der Waals surface area contributed by atoms with Crippen molar-refractivity contribution in [1.29, 1.82) is 0 Å². The Labute approximate surface area is 181 Å². The number of hydrogen-bond donors (Lipinski definition) is 0. The number of amides is 1. The summed E-state index contributed by atoms with van der Waals surface area (Å²) in [6.07, 6.45) is 1.67. The molecule has 0 aromatic heterocycles. The molecule has 158 valence electrons. The molecular weight excluding hydrogens is 393 g/mol. The molecule has 3 aromatic carbocycles. The molecule has 0 aliphatic heterocycles. The zero-order valence-corrected chi connectivity index (χ0v) is 17.6. The van der Waals surface area contributed by atoms with Gasteiger partial charge in [-0.2, -0.15) is 0 Å². The summed E-state index contributed by atoms with van der Waals surface area (Å²) >= 11 is 0. The predicted molar refractivity (Wildman–Crippen MR) is 119 cm³/mol. The second-order valence-electron chi connectivity index (χ2n) is 7.86. The standard InChI is InChI=1S/C26H24FNO3/c1-17(29)16-31-24-8-4-7-23(15-24)28(18(2)30)26-12-11-19-9-10-21(14-25(19)26)20-5-3-6-22(27)13-20/h3-10,13-15,26H,11-12,16H2,1-2H3. The van der Waals surface area contributed by atoms with Crippen LogP contribution in [0.4, 0.5) is 10.1 Å². The number of rotatable bonds is 6. The van der Waals surface area contributed by atoms with Gasteiger partial charge in [-0.25, -0.2) is 4.39 Å². The Morgan fingerprint density at radius 2 is 1.77 bits per heavy atom. The van der Waals surface area contributed by atoms with Gasteiger partial charge in [0, 0.05) is 18.7 Å². The van der Waals surface area contributed by atoms with E-state index in [9.17, 15) is 14.0 Å². The fourth-order valence-corrected chi connectivity index (χ4v) is 4.19. The molecule has 1 aliphatic rings. The molecule has 0 saturated carbocycles. The molecule has 3 aromatic rings. The first kappa shape index (κ1) is 20.8. The number of nitrogens with zero attached hydrogens (tertiary/aromatic N) is 1. The van der Waals surface area contributed by atoms with E-state index in [1.807, 2.05) is 24.3 Å². The van der Waals surface area contributed by atoms with Crippen molar-refractivity contribution in [3.8, 4) is 16.9 Å². The van der Waals surface area contributed by atoms with E-state index in [0.29, 0.717) is 5.75 Å². The lowest BCUT2D eigenvalue weighted by Crippen LogP contribution is -2.32. The van der Waals surface area contributed by atoms with E-state index in [2.05, 4.69) is 12.1 Å². The van der Waals surface area contributed by atoms with Gasteiger partial charge in [0.15, 0.2) is 5.78 Å². The molecule has 1 amide bonds. The van der Waals surface area contributed by atoms with E-state index >= 15 is 0 Å². The first-order chi connectivity index (χ1) is 14.9. The maximum Gasteiger partial charge on any atom is 0.224 e. The summed E-state index contributed by atoms with van der Waals surface area (Å²) in [6.45, 7) is 3.02. The maximum absolute atomic E-state index is 13.7. The molecule has 1 unspecified atom stereocenters. The molecule has 31 heavy (non-hydrogen) atoms. The Morgan fingerprint density at radius 1 is 1.00 bits per heavy atom. The highest BCUT2D eigenvalue weighted by molar-refractivity contribution is 5.93. The fraction of sp³-hybridized carbons (Fsp3) is 0.231. The van der Waals surface area contributed by atoms with E-state index < -0.39 is 0 Å². The van der Waals surface area contributed by atoms with Crippen LogP contribution in [-0.2, 0) is 16.0 Å². The number of benzene rings is 3. The van der Waals surface area contributed by atoms with Crippen LogP contribution in [0.25, 0.3) is 11.1 Å². The van der Waals surface area contributed by atoms with Gasteiger partial charge in [0.1, 0.15) is 18.2 Å². The predicted octanol–water partition coefficient (Wildman–Crippen LogP) is 5.50. The van der Waals surface area contributed by atoms with Gasteiger partial charge in [0.05, 0.1) is 6.04 Å². The summed E-state index contributed by atoms with van der Waals surface area (Å²) in [6, 6.07) is 19.8. The molecule has 0 radical (unpaired) electrons. The second kappa shape index (κ2) is 8.72. The monoisotopic (exact) mass is 417 g/mol. The van der Waals surface area contributed by atoms with Crippen LogP contribution in [0.15, 0.2) is 66.7 Å². The van der Waals surface area contributed by atoms with Gasteiger partial charge in [-0.1, -0.05) is 30.3 Å². The van der Waals surface area contributed by atoms with Crippen molar-refractivity contribution in [3.63, 3.8) is 0 Å². The van der Waals surface area contributed by atoms with E-state index in [-0.39, 0.29) is 30.2 Å². The highest BCUT2D eigenvalue weighted by Gasteiger charge is 2.31. The molecule has 1 aliphatic carbocycles. The van der Waals surface area contributed by atoms with E-state index in [1.165, 1.54) is 24.6 Å². The SMILES string of the molecule is CC(=O)COc1cccc(N(C(C)=O)C2CCc3ccc(-c4cccc(F)c4)cc32)c1. The van der Waals surface area contributed by atoms with Crippen molar-refractivity contribution in [2.75, 3.05) is 11.5 Å². The van der Waals surface area contributed by atoms with Gasteiger partial charge >= 0.3 is 0 Å². The number of carbonyl (C=O) groups excluding carboxylic acids is 2. The third kappa shape index (κ3) is 4.50. The van der Waals surface area contributed by atoms with Crippen molar-refractivity contribution < 1.29 is 18.7 Å². The van der Waals surface area contributed by atoms with Crippen molar-refractivity contribution in [2.45, 2.75) is 32.7 Å². The van der Waals surface area contributed by atoms with Crippen LogP contribution >= 0.6 is 0 Å². The van der Waals surface area contributed by atoms with E-state index in [4.69, 9.17) is 4.74 Å². The molecule has 4 nitrogen and oxygen atoms in total. The lowest BCUT2D eigenvalue weighted by atomic mass is 9.98. The van der Waals surface area contributed by atoms with Crippen LogP contribution in [0.5, 0.6) is 5.75 Å². The third-order valence-corrected chi connectivity index (χ3v) is 5.54. The molecule has 4 rings (SSSR count). The number of anilines is 1. The van der Waals surface area contributed by atoms with Crippen molar-refractivity contribution in [2.24, 2.45) is 0 Å². The molecule has 0 saturated heterocycles. The van der Waals surface area contributed by atoms with Gasteiger partial charge in [-0.15, -0.1) is 0 Å². The maximum atomic E-state index is 13.7. The van der Waals surface area contributed by atoms with Gasteiger partial charge in [-0.3, -0.25) is 9.59 Å². The molecule has 5 heteroatoms. The van der Waals surface area contributed by atoms with Gasteiger partial charge < -0.3 is 9.64 Å². The number of hydrogen-bond acceptors (Lipinski definition) is 3. The number of ketones is 1. The summed E-state index contributed by atoms with van der Waals surface area (Å²) in [5.74, 6) is 0.133. The Balaban J connectivity index is 1.69. The molecule has 1 atom stereocenters. The summed E-state index contributed by atoms with van der Waals surface area (Å²) in [4.78, 5) is 25.7. The number of halogens is 1. The Bertz CT molecular complexity index is 1140. The Kier molecular flexibility index (Phi) is 5.85. The molecular formula is C26H24FNO3. The average molecular weight is 417 g/mol. The lowest BCUT2D eigenvalue weighted by molar-refractivity contribution is -0.119. The smallest absolute Gasteiger partial charge is 0.224 e. The third-order valence-electron chi connectivity index (χ3n) is 5.54. The van der Waals surface area contributed by atoms with Crippen LogP contribution in [0.2, 0.25) is 0 Å². The van der Waals surface area contributed by atoms with Crippen molar-refractivity contribution in [3.05, 3.63) is 83.7 Å². The second-order valence-corrected chi connectivity index (χ2v) is 7.86. The van der Waals surface area contributed by atoms with Crippen LogP contribution in [0.1, 0.15) is 37.4 Å². The fourth-order valence-electron chi connectivity index (χ4n) is 4.19. The number of ether oxygens (including phenoxy) is 1. The van der Waals surface area contributed by atoms with E-state index in [0.717, 1.165) is 35.2 Å². The lowest BCUT2D eigenvalue weighted by Gasteiger charge is -2.29. The number of fused-ring (bicyclic) bond motifs is 1. The highest BCUT2D eigenvalue weighted by Crippen LogP contribution is 2.41. The highest BCUT2D eigenvalue weighted by atomic mass is 19.1. The Hall–Kier alpha value is -3.47. The van der Waals surface area contributed by atoms with Gasteiger partial charge in [0.2, 0.25) is 5.91 Å². The number of carbonyl (C=O) groups is 2. The molecule has 0 spiro atoms. The van der Waals surface area contributed by atoms with Crippen molar-refractivity contribution in [1.82, 2.24) is 0 Å². The number of aryl methyl sites for hydroxylation is 1. The molecule has 0 N–H and O–H groups in total. The Morgan fingerprint density at radius 3 is 2.52 bits per heavy atom. The minimum atomic E-state index is -0.276. The summed E-state index contributed by atoms with van der Waals surface area (Å²) in [5, 5.41) is 0. The zero-order chi connectivity index (χ0) is 22.0. The minimum Gasteiger partial charge on any atom is -0.486 e. The van der Waals surface area contributed by atoms with E-state index in [1.54, 1.807) is 30.0 Å². The first-order valence-corrected chi connectivity index (χ1v) is 10.3. The van der Waals surface area contributed by atoms with Crippen LogP contribution in [0.3, 0.4) is 0 Å². The minimum absolute atomic E-state index is 0.00716. The molecule has 0 bridgehead atoms. The van der Waals surface area contributed by atoms with Crippen LogP contribution < -0.4 is 9.64 Å². The number of Topliss-reactive ketones (excluding diaryl/α,β-unsaturated/α-hetero) is 1. The zero-order valence-electron chi connectivity index (χ0n) is 17.6.